The maximum Gasteiger partial charge on any atom is 0.326 e. The van der Waals surface area contributed by atoms with Crippen molar-refractivity contribution in [1.82, 2.24) is 9.36 Å². The minimum Gasteiger partial charge on any atom is -0.480 e. The van der Waals surface area contributed by atoms with Gasteiger partial charge < -0.3 is 10.4 Å². The van der Waals surface area contributed by atoms with Crippen LogP contribution in [0.15, 0.2) is 0 Å². The van der Waals surface area contributed by atoms with Crippen LogP contribution in [0.4, 0.5) is 5.13 Å². The van der Waals surface area contributed by atoms with E-state index in [1.807, 2.05) is 13.8 Å². The second-order valence-electron chi connectivity index (χ2n) is 5.60. The molecular formula is C13H21N3O2S. The minimum atomic E-state index is -0.827. The molecule has 106 valence electrons. The molecule has 0 radical (unpaired) electrons. The van der Waals surface area contributed by atoms with Crippen LogP contribution in [0.2, 0.25) is 0 Å². The van der Waals surface area contributed by atoms with E-state index in [9.17, 15) is 9.90 Å². The Morgan fingerprint density at radius 2 is 2.16 bits per heavy atom. The third-order valence-corrected chi connectivity index (χ3v) is 4.13. The molecule has 2 N–H and O–H groups in total. The van der Waals surface area contributed by atoms with Gasteiger partial charge in [0, 0.05) is 17.5 Å². The second-order valence-corrected chi connectivity index (χ2v) is 6.36. The van der Waals surface area contributed by atoms with Crippen LogP contribution >= 0.6 is 11.5 Å². The van der Waals surface area contributed by atoms with Crippen LogP contribution < -0.4 is 5.32 Å². The number of hydrogen-bond acceptors (Lipinski definition) is 5. The molecule has 0 saturated heterocycles. The number of anilines is 1. The highest BCUT2D eigenvalue weighted by Gasteiger charge is 2.24. The van der Waals surface area contributed by atoms with Crippen LogP contribution in [0.3, 0.4) is 0 Å². The SMILES string of the molecule is CC(C)C[C@H](Nc1nc(C2CCCC2)ns1)C(=O)O. The Kier molecular flexibility index (Phi) is 4.74. The molecular weight excluding hydrogens is 262 g/mol. The lowest BCUT2D eigenvalue weighted by Crippen LogP contribution is -2.30. The van der Waals surface area contributed by atoms with Crippen LogP contribution in [0, 0.1) is 5.92 Å². The zero-order chi connectivity index (χ0) is 13.8. The van der Waals surface area contributed by atoms with E-state index in [-0.39, 0.29) is 0 Å². The summed E-state index contributed by atoms with van der Waals surface area (Å²) in [4.78, 5) is 15.7. The Morgan fingerprint density at radius 1 is 1.47 bits per heavy atom. The Bertz CT molecular complexity index is 427. The van der Waals surface area contributed by atoms with Gasteiger partial charge in [-0.05, 0) is 25.2 Å². The number of carbonyl (C=O) groups is 1. The first-order valence-electron chi connectivity index (χ1n) is 6.89. The van der Waals surface area contributed by atoms with Crippen molar-refractivity contribution in [3.05, 3.63) is 5.82 Å². The van der Waals surface area contributed by atoms with Crippen LogP contribution in [0.1, 0.15) is 57.7 Å². The highest BCUT2D eigenvalue weighted by Crippen LogP contribution is 2.33. The Labute approximate surface area is 117 Å². The number of nitrogens with one attached hydrogen (secondary N) is 1. The molecule has 6 heteroatoms. The molecule has 0 aromatic carbocycles. The van der Waals surface area contributed by atoms with E-state index in [1.165, 1.54) is 24.4 Å². The summed E-state index contributed by atoms with van der Waals surface area (Å²) in [6, 6.07) is -0.579. The van der Waals surface area contributed by atoms with E-state index in [2.05, 4.69) is 14.7 Å². The highest BCUT2D eigenvalue weighted by molar-refractivity contribution is 7.09. The molecule has 0 amide bonds. The van der Waals surface area contributed by atoms with Gasteiger partial charge in [-0.25, -0.2) is 9.78 Å². The quantitative estimate of drug-likeness (QED) is 0.839. The summed E-state index contributed by atoms with van der Waals surface area (Å²) in [6.45, 7) is 4.03. The normalized spacial score (nSPS) is 17.8. The number of nitrogens with zero attached hydrogens (tertiary/aromatic N) is 2. The zero-order valence-electron chi connectivity index (χ0n) is 11.4. The van der Waals surface area contributed by atoms with E-state index in [1.54, 1.807) is 0 Å². The van der Waals surface area contributed by atoms with Gasteiger partial charge in [-0.2, -0.15) is 4.37 Å². The molecule has 1 fully saturated rings. The fraction of sp³-hybridized carbons (Fsp3) is 0.769. The van der Waals surface area contributed by atoms with E-state index < -0.39 is 12.0 Å². The van der Waals surface area contributed by atoms with Crippen molar-refractivity contribution >= 4 is 22.6 Å². The Morgan fingerprint density at radius 3 is 2.74 bits per heavy atom. The molecule has 1 saturated carbocycles. The maximum atomic E-state index is 11.2. The van der Waals surface area contributed by atoms with Crippen LogP contribution in [-0.2, 0) is 4.79 Å². The summed E-state index contributed by atoms with van der Waals surface area (Å²) in [5.74, 6) is 0.862. The molecule has 0 bridgehead atoms. The minimum absolute atomic E-state index is 0.329. The lowest BCUT2D eigenvalue weighted by molar-refractivity contribution is -0.138. The molecule has 1 atom stereocenters. The summed E-state index contributed by atoms with van der Waals surface area (Å²) in [5.41, 5.74) is 0. The average Bonchev–Trinajstić information content (AvgIpc) is 2.97. The lowest BCUT2D eigenvalue weighted by atomic mass is 10.0. The molecule has 1 heterocycles. The first kappa shape index (κ1) is 14.2. The maximum absolute atomic E-state index is 11.2. The molecule has 19 heavy (non-hydrogen) atoms. The van der Waals surface area contributed by atoms with E-state index >= 15 is 0 Å². The topological polar surface area (TPSA) is 75.1 Å². The van der Waals surface area contributed by atoms with Gasteiger partial charge in [-0.3, -0.25) is 0 Å². The standard InChI is InChI=1S/C13H21N3O2S/c1-8(2)7-10(12(17)18)14-13-15-11(16-19-13)9-5-3-4-6-9/h8-10H,3-7H2,1-2H3,(H,17,18)(H,14,15,16)/t10-/m0/s1. The van der Waals surface area contributed by atoms with Gasteiger partial charge in [-0.1, -0.05) is 26.7 Å². The summed E-state index contributed by atoms with van der Waals surface area (Å²) >= 11 is 1.27. The summed E-state index contributed by atoms with van der Waals surface area (Å²) in [6.07, 6.45) is 5.40. The number of carboxylic acids is 1. The zero-order valence-corrected chi connectivity index (χ0v) is 12.2. The van der Waals surface area contributed by atoms with E-state index in [4.69, 9.17) is 0 Å². The number of hydrogen-bond donors (Lipinski definition) is 2. The van der Waals surface area contributed by atoms with E-state index in [0.29, 0.717) is 23.4 Å². The fourth-order valence-corrected chi connectivity index (χ4v) is 3.18. The second kappa shape index (κ2) is 6.32. The largest absolute Gasteiger partial charge is 0.480 e. The van der Waals surface area contributed by atoms with Gasteiger partial charge in [0.05, 0.1) is 0 Å². The van der Waals surface area contributed by atoms with Gasteiger partial charge in [0.25, 0.3) is 0 Å². The van der Waals surface area contributed by atoms with Crippen LogP contribution in [-0.4, -0.2) is 26.5 Å². The molecule has 5 nitrogen and oxygen atoms in total. The molecule has 2 rings (SSSR count). The van der Waals surface area contributed by atoms with Crippen molar-refractivity contribution in [2.75, 3.05) is 5.32 Å². The average molecular weight is 283 g/mol. The van der Waals surface area contributed by atoms with Gasteiger partial charge in [-0.15, -0.1) is 0 Å². The van der Waals surface area contributed by atoms with Crippen LogP contribution in [0.5, 0.6) is 0 Å². The third kappa shape index (κ3) is 3.89. The smallest absolute Gasteiger partial charge is 0.326 e. The van der Waals surface area contributed by atoms with Crippen LogP contribution in [0.25, 0.3) is 0 Å². The monoisotopic (exact) mass is 283 g/mol. The predicted octanol–water partition coefficient (Wildman–Crippen LogP) is 3.11. The molecule has 0 aliphatic heterocycles. The molecule has 0 unspecified atom stereocenters. The van der Waals surface area contributed by atoms with Gasteiger partial charge >= 0.3 is 5.97 Å². The van der Waals surface area contributed by atoms with E-state index in [0.717, 1.165) is 18.7 Å². The van der Waals surface area contributed by atoms with Crippen molar-refractivity contribution < 1.29 is 9.90 Å². The Hall–Kier alpha value is -1.17. The molecule has 1 aliphatic carbocycles. The number of aromatic nitrogens is 2. The number of rotatable bonds is 6. The van der Waals surface area contributed by atoms with Crippen molar-refractivity contribution in [2.24, 2.45) is 5.92 Å². The molecule has 1 aliphatic rings. The van der Waals surface area contributed by atoms with Crippen molar-refractivity contribution in [3.8, 4) is 0 Å². The third-order valence-electron chi connectivity index (χ3n) is 3.46. The summed E-state index contributed by atoms with van der Waals surface area (Å²) < 4.78 is 4.36. The fourth-order valence-electron chi connectivity index (χ4n) is 2.49. The van der Waals surface area contributed by atoms with Crippen molar-refractivity contribution in [3.63, 3.8) is 0 Å². The number of aliphatic carboxylic acids is 1. The summed E-state index contributed by atoms with van der Waals surface area (Å²) in [7, 11) is 0. The highest BCUT2D eigenvalue weighted by atomic mass is 32.1. The first-order valence-corrected chi connectivity index (χ1v) is 7.66. The predicted molar refractivity (Wildman–Crippen MR) is 75.6 cm³/mol. The van der Waals surface area contributed by atoms with Crippen molar-refractivity contribution in [2.45, 2.75) is 57.9 Å². The van der Waals surface area contributed by atoms with Gasteiger partial charge in [0.2, 0.25) is 5.13 Å². The van der Waals surface area contributed by atoms with Gasteiger partial charge in [0.15, 0.2) is 0 Å². The molecule has 1 aromatic heterocycles. The van der Waals surface area contributed by atoms with Gasteiger partial charge in [0.1, 0.15) is 11.9 Å². The lowest BCUT2D eigenvalue weighted by Gasteiger charge is -2.15. The first-order chi connectivity index (χ1) is 9.06. The Balaban J connectivity index is 1.99. The number of carboxylic acid groups (broad SMARTS) is 1. The summed E-state index contributed by atoms with van der Waals surface area (Å²) in [5, 5.41) is 12.8. The molecule has 1 aromatic rings. The molecule has 0 spiro atoms. The van der Waals surface area contributed by atoms with Crippen molar-refractivity contribution in [1.29, 1.82) is 0 Å².